The molecule has 0 saturated carbocycles. The molecule has 0 aliphatic carbocycles. The minimum Gasteiger partial charge on any atom is -0.824 e. The Morgan fingerprint density at radius 3 is 2.50 bits per heavy atom. The molecule has 0 radical (unpaired) electrons. The maximum absolute atomic E-state index is 9.62. The van der Waals surface area contributed by atoms with E-state index in [1.807, 2.05) is 0 Å². The highest BCUT2D eigenvalue weighted by atomic mass is 16.6. The Hall–Kier alpha value is -0.570. The first-order chi connectivity index (χ1) is 2.77. The summed E-state index contributed by atoms with van der Waals surface area (Å²) in [5, 5.41) is 9.30. The molecule has 0 aliphatic heterocycles. The molecule has 0 aromatic heterocycles. The van der Waals surface area contributed by atoms with Crippen molar-refractivity contribution in [1.29, 1.82) is 0 Å². The number of carbonyl (C=O) groups is 1. The van der Waals surface area contributed by atoms with Crippen LogP contribution in [-0.2, 0) is 9.53 Å². The molecule has 0 atom stereocenters. The van der Waals surface area contributed by atoms with Gasteiger partial charge in [0.05, 0.1) is 0 Å². The monoisotopic (exact) mass is 89.0 g/mol. The van der Waals surface area contributed by atoms with Gasteiger partial charge in [-0.2, -0.15) is 0 Å². The van der Waals surface area contributed by atoms with Crippen molar-refractivity contribution >= 4 is 5.97 Å². The zero-order valence-corrected chi connectivity index (χ0v) is 3.43. The van der Waals surface area contributed by atoms with Gasteiger partial charge in [-0.05, 0) is 0 Å². The van der Waals surface area contributed by atoms with Gasteiger partial charge in [-0.25, -0.2) is 0 Å². The molecular weight excluding hydrogens is 84.0 g/mol. The van der Waals surface area contributed by atoms with Crippen LogP contribution in [0.25, 0.3) is 0 Å². The SMILES string of the molecule is CC(=O)OC[O-]. The Morgan fingerprint density at radius 1 is 2.00 bits per heavy atom. The molecule has 0 rings (SSSR count). The van der Waals surface area contributed by atoms with Crippen LogP contribution < -0.4 is 5.11 Å². The zero-order chi connectivity index (χ0) is 4.99. The summed E-state index contributed by atoms with van der Waals surface area (Å²) in [6, 6.07) is 0. The summed E-state index contributed by atoms with van der Waals surface area (Å²) in [7, 11) is 0. The number of rotatable bonds is 1. The highest BCUT2D eigenvalue weighted by molar-refractivity contribution is 5.65. The zero-order valence-electron chi connectivity index (χ0n) is 3.43. The lowest BCUT2D eigenvalue weighted by Crippen LogP contribution is -2.12. The summed E-state index contributed by atoms with van der Waals surface area (Å²) < 4.78 is 3.85. The van der Waals surface area contributed by atoms with Gasteiger partial charge in [0.15, 0.2) is 0 Å². The number of hydrogen-bond donors (Lipinski definition) is 0. The molecule has 0 N–H and O–H groups in total. The average molecular weight is 89.1 g/mol. The van der Waals surface area contributed by atoms with Crippen LogP contribution in [0.3, 0.4) is 0 Å². The number of hydrogen-bond acceptors (Lipinski definition) is 3. The fourth-order valence-corrected chi connectivity index (χ4v) is 0.0830. The van der Waals surface area contributed by atoms with Crippen LogP contribution in [0.15, 0.2) is 0 Å². The fourth-order valence-electron chi connectivity index (χ4n) is 0.0830. The van der Waals surface area contributed by atoms with E-state index in [1.54, 1.807) is 0 Å². The minimum atomic E-state index is -0.769. The van der Waals surface area contributed by atoms with Gasteiger partial charge in [-0.1, -0.05) is 0 Å². The van der Waals surface area contributed by atoms with Crippen LogP contribution >= 0.6 is 0 Å². The molecule has 0 aromatic carbocycles. The number of carbonyl (C=O) groups excluding carboxylic acids is 1. The van der Waals surface area contributed by atoms with Gasteiger partial charge in [-0.3, -0.25) is 4.79 Å². The molecule has 36 valence electrons. The van der Waals surface area contributed by atoms with Crippen molar-refractivity contribution in [1.82, 2.24) is 0 Å². The lowest BCUT2D eigenvalue weighted by molar-refractivity contribution is -0.421. The van der Waals surface area contributed by atoms with Gasteiger partial charge in [-0.15, -0.1) is 0 Å². The standard InChI is InChI=1S/C3H5O3/c1-3(5)6-2-4/h2H2,1H3/q-1. The smallest absolute Gasteiger partial charge is 0.301 e. The first kappa shape index (κ1) is 5.43. The highest BCUT2D eigenvalue weighted by Gasteiger charge is 1.78. The van der Waals surface area contributed by atoms with E-state index in [4.69, 9.17) is 0 Å². The van der Waals surface area contributed by atoms with Crippen LogP contribution in [0.4, 0.5) is 0 Å². The first-order valence-corrected chi connectivity index (χ1v) is 1.49. The summed E-state index contributed by atoms with van der Waals surface area (Å²) in [6.07, 6.45) is 0. The molecule has 0 aromatic rings. The van der Waals surface area contributed by atoms with Crippen LogP contribution in [0.1, 0.15) is 6.92 Å². The highest BCUT2D eigenvalue weighted by Crippen LogP contribution is 1.64. The third-order valence-electron chi connectivity index (χ3n) is 0.262. The number of ether oxygens (including phenoxy) is 1. The molecule has 0 aliphatic rings. The van der Waals surface area contributed by atoms with E-state index in [2.05, 4.69) is 4.74 Å². The third kappa shape index (κ3) is 3.43. The van der Waals surface area contributed by atoms with E-state index in [0.29, 0.717) is 0 Å². The maximum atomic E-state index is 9.62. The molecule has 0 bridgehead atoms. The number of esters is 1. The van der Waals surface area contributed by atoms with Crippen LogP contribution in [0, 0.1) is 0 Å². The van der Waals surface area contributed by atoms with Gasteiger partial charge in [0.1, 0.15) is 0 Å². The summed E-state index contributed by atoms with van der Waals surface area (Å²) in [5.41, 5.74) is 0. The maximum Gasteiger partial charge on any atom is 0.301 e. The average Bonchev–Trinajstić information content (AvgIpc) is 1.35. The third-order valence-corrected chi connectivity index (χ3v) is 0.262. The molecule has 0 heterocycles. The quantitative estimate of drug-likeness (QED) is 0.301. The van der Waals surface area contributed by atoms with Crippen molar-refractivity contribution in [3.05, 3.63) is 0 Å². The second-order valence-corrected chi connectivity index (χ2v) is 0.754. The second kappa shape index (κ2) is 2.66. The van der Waals surface area contributed by atoms with Crippen molar-refractivity contribution in [2.24, 2.45) is 0 Å². The Morgan fingerprint density at radius 2 is 2.50 bits per heavy atom. The molecule has 3 nitrogen and oxygen atoms in total. The van der Waals surface area contributed by atoms with E-state index in [-0.39, 0.29) is 0 Å². The Bertz CT molecular complexity index is 50.0. The van der Waals surface area contributed by atoms with Gasteiger partial charge < -0.3 is 9.84 Å². The summed E-state index contributed by atoms with van der Waals surface area (Å²) in [5.74, 6) is -0.523. The molecular formula is C3H5O3-. The molecule has 0 amide bonds. The molecule has 0 spiro atoms. The summed E-state index contributed by atoms with van der Waals surface area (Å²) >= 11 is 0. The Labute approximate surface area is 35.5 Å². The van der Waals surface area contributed by atoms with E-state index >= 15 is 0 Å². The molecule has 6 heavy (non-hydrogen) atoms. The van der Waals surface area contributed by atoms with Crippen LogP contribution in [0.5, 0.6) is 0 Å². The van der Waals surface area contributed by atoms with Crippen molar-refractivity contribution in [3.63, 3.8) is 0 Å². The Kier molecular flexibility index (Phi) is 2.40. The van der Waals surface area contributed by atoms with Gasteiger partial charge in [0.25, 0.3) is 0 Å². The normalized spacial score (nSPS) is 7.67. The van der Waals surface area contributed by atoms with Crippen molar-refractivity contribution in [3.8, 4) is 0 Å². The van der Waals surface area contributed by atoms with E-state index in [0.717, 1.165) is 0 Å². The molecule has 3 heteroatoms. The molecule has 0 unspecified atom stereocenters. The topological polar surface area (TPSA) is 49.4 Å². The predicted molar refractivity (Wildman–Crippen MR) is 16.6 cm³/mol. The second-order valence-electron chi connectivity index (χ2n) is 0.754. The molecule has 0 saturated heterocycles. The van der Waals surface area contributed by atoms with Crippen molar-refractivity contribution in [2.75, 3.05) is 6.79 Å². The Balaban J connectivity index is 2.83. The fraction of sp³-hybridized carbons (Fsp3) is 0.667. The van der Waals surface area contributed by atoms with Crippen molar-refractivity contribution in [2.45, 2.75) is 6.92 Å². The summed E-state index contributed by atoms with van der Waals surface area (Å²) in [6.45, 7) is 0.424. The lowest BCUT2D eigenvalue weighted by Gasteiger charge is -2.00. The predicted octanol–water partition coefficient (Wildman–Crippen LogP) is -1.13. The van der Waals surface area contributed by atoms with E-state index in [1.165, 1.54) is 6.92 Å². The van der Waals surface area contributed by atoms with E-state index in [9.17, 15) is 9.90 Å². The van der Waals surface area contributed by atoms with Gasteiger partial charge in [0, 0.05) is 13.7 Å². The van der Waals surface area contributed by atoms with Crippen LogP contribution in [-0.4, -0.2) is 12.8 Å². The van der Waals surface area contributed by atoms with Crippen molar-refractivity contribution < 1.29 is 14.6 Å². The summed E-state index contributed by atoms with van der Waals surface area (Å²) in [4.78, 5) is 9.62. The lowest BCUT2D eigenvalue weighted by atomic mass is 10.8. The van der Waals surface area contributed by atoms with Gasteiger partial charge in [0.2, 0.25) is 0 Å². The first-order valence-electron chi connectivity index (χ1n) is 1.49. The van der Waals surface area contributed by atoms with E-state index < -0.39 is 12.8 Å². The minimum absolute atomic E-state index is 0.523. The molecule has 0 fully saturated rings. The largest absolute Gasteiger partial charge is 0.824 e. The van der Waals surface area contributed by atoms with Crippen LogP contribution in [0.2, 0.25) is 0 Å². The van der Waals surface area contributed by atoms with Gasteiger partial charge >= 0.3 is 5.97 Å².